The van der Waals surface area contributed by atoms with E-state index in [0.717, 1.165) is 48.2 Å². The molecule has 2 N–H and O–H groups in total. The molecule has 2 aliphatic rings. The number of nitrogens with zero attached hydrogens (tertiary/aromatic N) is 2. The largest absolute Gasteiger partial charge is 0.493 e. The highest BCUT2D eigenvalue weighted by atomic mass is 35.5. The summed E-state index contributed by atoms with van der Waals surface area (Å²) < 4.78 is 32.1. The average Bonchev–Trinajstić information content (AvgIpc) is 2.91. The molecule has 0 spiro atoms. The van der Waals surface area contributed by atoms with Gasteiger partial charge in [0.15, 0.2) is 15.7 Å². The summed E-state index contributed by atoms with van der Waals surface area (Å²) in [6.07, 6.45) is 10.3. The predicted octanol–water partition coefficient (Wildman–Crippen LogP) is 7.39. The lowest BCUT2D eigenvalue weighted by Gasteiger charge is -2.27. The number of rotatable bonds is 7. The van der Waals surface area contributed by atoms with Gasteiger partial charge in [-0.15, -0.1) is 0 Å². The minimum Gasteiger partial charge on any atom is -0.493 e. The van der Waals surface area contributed by atoms with Crippen molar-refractivity contribution in [3.8, 4) is 5.75 Å². The van der Waals surface area contributed by atoms with Crippen LogP contribution in [0, 0.1) is 6.92 Å². The van der Waals surface area contributed by atoms with Crippen LogP contribution in [-0.4, -0.2) is 30.2 Å². The van der Waals surface area contributed by atoms with E-state index in [1.54, 1.807) is 38.1 Å². The van der Waals surface area contributed by atoms with Crippen LogP contribution in [0.1, 0.15) is 62.6 Å². The molecule has 0 fully saturated rings. The van der Waals surface area contributed by atoms with Gasteiger partial charge in [-0.3, -0.25) is 0 Å². The molecule has 2 aromatic carbocycles. The maximum atomic E-state index is 12.9. The number of aryl methyl sites for hydroxylation is 1. The molecular formula is C29H33ClN4O3S. The van der Waals surface area contributed by atoms with E-state index in [0.29, 0.717) is 24.1 Å². The topological polar surface area (TPSA) is 93.2 Å². The molecule has 0 saturated carbocycles. The van der Waals surface area contributed by atoms with E-state index < -0.39 is 15.1 Å². The number of hydrogen-bond donors (Lipinski definition) is 2. The second-order valence-electron chi connectivity index (χ2n) is 10.1. The van der Waals surface area contributed by atoms with Crippen molar-refractivity contribution >= 4 is 50.2 Å². The Morgan fingerprint density at radius 1 is 1.05 bits per heavy atom. The van der Waals surface area contributed by atoms with Crippen LogP contribution in [-0.2, 0) is 16.3 Å². The Balaban J connectivity index is 1.49. The van der Waals surface area contributed by atoms with Crippen molar-refractivity contribution in [2.24, 2.45) is 0 Å². The van der Waals surface area contributed by atoms with Gasteiger partial charge in [0.25, 0.3) is 0 Å². The lowest BCUT2D eigenvalue weighted by atomic mass is 9.87. The highest BCUT2D eigenvalue weighted by molar-refractivity contribution is 7.92. The summed E-state index contributed by atoms with van der Waals surface area (Å²) >= 11 is 6.43. The lowest BCUT2D eigenvalue weighted by Crippen LogP contribution is -2.16. The second kappa shape index (κ2) is 10.9. The zero-order valence-corrected chi connectivity index (χ0v) is 23.5. The van der Waals surface area contributed by atoms with Gasteiger partial charge in [-0.2, -0.15) is 4.98 Å². The van der Waals surface area contributed by atoms with E-state index in [4.69, 9.17) is 16.3 Å². The number of nitrogens with one attached hydrogen (secondary N) is 2. The summed E-state index contributed by atoms with van der Waals surface area (Å²) in [7, 11) is -3.51. The fourth-order valence-electron chi connectivity index (χ4n) is 5.07. The molecule has 9 heteroatoms. The zero-order chi connectivity index (χ0) is 26.9. The molecule has 7 nitrogen and oxygen atoms in total. The van der Waals surface area contributed by atoms with Gasteiger partial charge in [-0.1, -0.05) is 29.8 Å². The smallest absolute Gasteiger partial charge is 0.229 e. The molecule has 0 saturated heterocycles. The van der Waals surface area contributed by atoms with Gasteiger partial charge >= 0.3 is 0 Å². The third kappa shape index (κ3) is 5.24. The number of allylic oxidation sites excluding steroid dienone is 2. The highest BCUT2D eigenvalue weighted by Gasteiger charge is 2.25. The number of sulfone groups is 1. The molecule has 5 rings (SSSR count). The number of para-hydroxylation sites is 1. The first-order valence-electron chi connectivity index (χ1n) is 13.1. The molecule has 0 radical (unpaired) electrons. The average molecular weight is 553 g/mol. The molecule has 1 aromatic heterocycles. The van der Waals surface area contributed by atoms with Gasteiger partial charge in [-0.05, 0) is 88.6 Å². The summed E-state index contributed by atoms with van der Waals surface area (Å²) in [5.74, 6) is 1.64. The number of ether oxygens (including phenoxy) is 1. The molecule has 0 bridgehead atoms. The van der Waals surface area contributed by atoms with Crippen molar-refractivity contribution in [1.29, 1.82) is 0 Å². The molecular weight excluding hydrogens is 520 g/mol. The van der Waals surface area contributed by atoms with E-state index in [1.165, 1.54) is 30.2 Å². The van der Waals surface area contributed by atoms with E-state index in [2.05, 4.69) is 39.7 Å². The van der Waals surface area contributed by atoms with Crippen LogP contribution in [0.5, 0.6) is 5.75 Å². The molecule has 2 heterocycles. The Kier molecular flexibility index (Phi) is 7.63. The Bertz CT molecular complexity index is 1500. The van der Waals surface area contributed by atoms with Gasteiger partial charge in [0.1, 0.15) is 10.8 Å². The number of halogens is 1. The van der Waals surface area contributed by atoms with Crippen molar-refractivity contribution in [2.75, 3.05) is 17.2 Å². The molecule has 3 aromatic rings. The van der Waals surface area contributed by atoms with Crippen molar-refractivity contribution in [3.63, 3.8) is 0 Å². The zero-order valence-electron chi connectivity index (χ0n) is 22.0. The maximum Gasteiger partial charge on any atom is 0.229 e. The molecule has 38 heavy (non-hydrogen) atoms. The molecule has 0 amide bonds. The van der Waals surface area contributed by atoms with Gasteiger partial charge in [0.2, 0.25) is 5.95 Å². The quantitative estimate of drug-likeness (QED) is 0.315. The fourth-order valence-corrected chi connectivity index (χ4v) is 6.41. The normalized spacial score (nSPS) is 15.4. The summed E-state index contributed by atoms with van der Waals surface area (Å²) in [5.41, 5.74) is 6.22. The highest BCUT2D eigenvalue weighted by Crippen LogP contribution is 2.43. The molecule has 200 valence electrons. The Hall–Kier alpha value is -3.10. The van der Waals surface area contributed by atoms with Crippen LogP contribution in [0.25, 0.3) is 5.57 Å². The van der Waals surface area contributed by atoms with E-state index in [1.807, 2.05) is 0 Å². The summed E-state index contributed by atoms with van der Waals surface area (Å²) in [4.78, 5) is 9.21. The van der Waals surface area contributed by atoms with Crippen LogP contribution < -0.4 is 15.4 Å². The van der Waals surface area contributed by atoms with Crippen molar-refractivity contribution in [2.45, 2.75) is 69.4 Å². The fraction of sp³-hybridized carbons (Fsp3) is 0.379. The van der Waals surface area contributed by atoms with E-state index in [9.17, 15) is 8.42 Å². The third-order valence-electron chi connectivity index (χ3n) is 7.07. The van der Waals surface area contributed by atoms with Crippen molar-refractivity contribution in [3.05, 3.63) is 64.3 Å². The Morgan fingerprint density at radius 2 is 1.87 bits per heavy atom. The number of benzene rings is 2. The first-order chi connectivity index (χ1) is 18.3. The lowest BCUT2D eigenvalue weighted by molar-refractivity contribution is 0.287. The Morgan fingerprint density at radius 3 is 2.63 bits per heavy atom. The molecule has 1 aliphatic heterocycles. The van der Waals surface area contributed by atoms with Gasteiger partial charge < -0.3 is 15.4 Å². The maximum absolute atomic E-state index is 12.9. The summed E-state index contributed by atoms with van der Waals surface area (Å²) in [6, 6.07) is 8.92. The third-order valence-corrected chi connectivity index (χ3v) is 9.56. The van der Waals surface area contributed by atoms with Crippen LogP contribution in [0.3, 0.4) is 0 Å². The van der Waals surface area contributed by atoms with Crippen molar-refractivity contribution in [1.82, 2.24) is 9.97 Å². The summed E-state index contributed by atoms with van der Waals surface area (Å²) in [6.45, 7) is 6.15. The monoisotopic (exact) mass is 552 g/mol. The summed E-state index contributed by atoms with van der Waals surface area (Å²) in [5, 5.41) is 6.22. The number of hydrogen-bond acceptors (Lipinski definition) is 7. The minimum absolute atomic E-state index is 0.202. The van der Waals surface area contributed by atoms with Crippen LogP contribution in [0.4, 0.5) is 23.1 Å². The standard InChI is InChI=1S/C29H33ClN4O3S/c1-18(2)38(35,36)25-14-8-7-13-23(25)32-28-22(30)17-31-29(34-28)33-24-16-19(3)26(20-10-5-4-6-11-20)27-21(24)12-9-15-37-27/h7-8,10,13-14,16-18H,4-6,9,11-12,15H2,1-3H3,(H2,31,32,33,34). The number of fused-ring (bicyclic) bond motifs is 1. The van der Waals surface area contributed by atoms with Crippen LogP contribution in [0.2, 0.25) is 5.02 Å². The van der Waals surface area contributed by atoms with Crippen molar-refractivity contribution < 1.29 is 13.2 Å². The van der Waals surface area contributed by atoms with E-state index >= 15 is 0 Å². The molecule has 0 unspecified atom stereocenters. The van der Waals surface area contributed by atoms with Gasteiger partial charge in [0, 0.05) is 16.8 Å². The SMILES string of the molecule is Cc1cc(Nc2ncc(Cl)c(Nc3ccccc3S(=O)(=O)C(C)C)n2)c2c(c1C1=CCCCC1)OCCC2. The van der Waals surface area contributed by atoms with Gasteiger partial charge in [0.05, 0.1) is 28.6 Å². The number of aromatic nitrogens is 2. The first-order valence-corrected chi connectivity index (χ1v) is 15.1. The molecule has 0 atom stereocenters. The first kappa shape index (κ1) is 26.5. The minimum atomic E-state index is -3.51. The second-order valence-corrected chi connectivity index (χ2v) is 13.0. The number of anilines is 4. The predicted molar refractivity (Wildman–Crippen MR) is 154 cm³/mol. The van der Waals surface area contributed by atoms with Crippen LogP contribution >= 0.6 is 11.6 Å². The van der Waals surface area contributed by atoms with E-state index in [-0.39, 0.29) is 9.92 Å². The van der Waals surface area contributed by atoms with Crippen LogP contribution in [0.15, 0.2) is 47.5 Å². The molecule has 1 aliphatic carbocycles. The Labute approximate surface area is 229 Å². The van der Waals surface area contributed by atoms with Gasteiger partial charge in [-0.25, -0.2) is 13.4 Å².